The maximum atomic E-state index is 9.21. The third-order valence-electron chi connectivity index (χ3n) is 4.12. The predicted molar refractivity (Wildman–Crippen MR) is 78.8 cm³/mol. The third-order valence-corrected chi connectivity index (χ3v) is 4.12. The van der Waals surface area contributed by atoms with E-state index in [2.05, 4.69) is 32.2 Å². The van der Waals surface area contributed by atoms with Gasteiger partial charge in [0.25, 0.3) is 0 Å². The summed E-state index contributed by atoms with van der Waals surface area (Å²) in [5, 5.41) is 12.4. The first-order valence-electron chi connectivity index (χ1n) is 7.58. The van der Waals surface area contributed by atoms with Gasteiger partial charge in [-0.25, -0.2) is 0 Å². The molecule has 0 aromatic heterocycles. The summed E-state index contributed by atoms with van der Waals surface area (Å²) in [5.74, 6) is 0.741. The molecule has 0 bridgehead atoms. The number of hydrogen-bond acceptors (Lipinski definition) is 3. The monoisotopic (exact) mass is 266 g/mol. The summed E-state index contributed by atoms with van der Waals surface area (Å²) in [7, 11) is 0. The van der Waals surface area contributed by atoms with Crippen LogP contribution in [-0.4, -0.2) is 24.8 Å². The van der Waals surface area contributed by atoms with E-state index in [4.69, 9.17) is 4.74 Å². The fourth-order valence-electron chi connectivity index (χ4n) is 3.39. The number of nitriles is 1. The van der Waals surface area contributed by atoms with Gasteiger partial charge in [0.1, 0.15) is 5.54 Å². The first-order chi connectivity index (χ1) is 8.80. The van der Waals surface area contributed by atoms with Gasteiger partial charge >= 0.3 is 0 Å². The molecule has 0 aromatic carbocycles. The molecule has 0 radical (unpaired) electrons. The molecule has 1 N–H and O–H groups in total. The van der Waals surface area contributed by atoms with Crippen molar-refractivity contribution >= 4 is 0 Å². The third kappa shape index (κ3) is 5.50. The van der Waals surface area contributed by atoms with Crippen LogP contribution in [0.15, 0.2) is 0 Å². The quantitative estimate of drug-likeness (QED) is 0.800. The Hall–Kier alpha value is -0.590. The molecule has 0 spiro atoms. The normalized spacial score (nSPS) is 29.5. The molecule has 19 heavy (non-hydrogen) atoms. The zero-order valence-corrected chi connectivity index (χ0v) is 13.3. The molecule has 1 aliphatic carbocycles. The zero-order valence-electron chi connectivity index (χ0n) is 13.3. The van der Waals surface area contributed by atoms with Crippen molar-refractivity contribution in [3.63, 3.8) is 0 Å². The molecular weight excluding hydrogens is 236 g/mol. The second kappa shape index (κ2) is 6.72. The summed E-state index contributed by atoms with van der Waals surface area (Å²) >= 11 is 0. The summed E-state index contributed by atoms with van der Waals surface area (Å²) in [5.41, 5.74) is -0.0624. The van der Waals surface area contributed by atoms with Gasteiger partial charge in [0.05, 0.1) is 12.2 Å². The minimum Gasteiger partial charge on any atom is -0.378 e. The van der Waals surface area contributed by atoms with Gasteiger partial charge in [-0.15, -0.1) is 0 Å². The first kappa shape index (κ1) is 16.5. The Bertz CT molecular complexity index is 321. The Morgan fingerprint density at radius 1 is 1.42 bits per heavy atom. The molecule has 0 saturated heterocycles. The summed E-state index contributed by atoms with van der Waals surface area (Å²) in [6.07, 6.45) is 4.71. The average molecular weight is 266 g/mol. The molecule has 0 amide bonds. The minimum absolute atomic E-state index is 0.364. The minimum atomic E-state index is -0.454. The van der Waals surface area contributed by atoms with Crippen molar-refractivity contribution in [1.29, 1.82) is 5.26 Å². The van der Waals surface area contributed by atoms with Crippen molar-refractivity contribution in [3.8, 4) is 6.07 Å². The lowest BCUT2D eigenvalue weighted by molar-refractivity contribution is -0.0271. The molecule has 3 atom stereocenters. The van der Waals surface area contributed by atoms with E-state index in [1.54, 1.807) is 0 Å². The number of nitrogens with one attached hydrogen (secondary N) is 1. The smallest absolute Gasteiger partial charge is 0.106 e. The van der Waals surface area contributed by atoms with E-state index in [0.717, 1.165) is 31.7 Å². The van der Waals surface area contributed by atoms with Crippen molar-refractivity contribution in [2.75, 3.05) is 13.2 Å². The van der Waals surface area contributed by atoms with Crippen molar-refractivity contribution in [2.45, 2.75) is 71.9 Å². The van der Waals surface area contributed by atoms with Crippen LogP contribution in [0.4, 0.5) is 0 Å². The fraction of sp³-hybridized carbons (Fsp3) is 0.938. The molecular formula is C16H30N2O. The van der Waals surface area contributed by atoms with Crippen LogP contribution in [0.5, 0.6) is 0 Å². The van der Waals surface area contributed by atoms with Crippen LogP contribution >= 0.6 is 0 Å². The average Bonchev–Trinajstić information content (AvgIpc) is 2.26. The molecule has 1 saturated carbocycles. The molecule has 1 rings (SSSR count). The lowest BCUT2D eigenvalue weighted by Gasteiger charge is -2.39. The number of nitrogens with zero attached hydrogens (tertiary/aromatic N) is 1. The molecule has 110 valence electrons. The predicted octanol–water partition coefficient (Wildman–Crippen LogP) is 3.50. The van der Waals surface area contributed by atoms with Gasteiger partial charge in [0.2, 0.25) is 0 Å². The van der Waals surface area contributed by atoms with Gasteiger partial charge in [-0.05, 0) is 44.1 Å². The van der Waals surface area contributed by atoms with Gasteiger partial charge in [-0.1, -0.05) is 27.7 Å². The molecule has 3 nitrogen and oxygen atoms in total. The zero-order chi connectivity index (χ0) is 14.5. The molecule has 1 aliphatic rings. The standard InChI is InChI=1S/C16H30N2O/c1-6-18-16(5,12-17)7-8-19-14-9-13(2)10-15(3,4)11-14/h13-14,18H,6-11H2,1-5H3. The van der Waals surface area contributed by atoms with E-state index in [1.807, 2.05) is 13.8 Å². The Balaban J connectivity index is 2.38. The van der Waals surface area contributed by atoms with Crippen molar-refractivity contribution in [1.82, 2.24) is 5.32 Å². The Kier molecular flexibility index (Phi) is 5.82. The van der Waals surface area contributed by atoms with E-state index in [-0.39, 0.29) is 0 Å². The summed E-state index contributed by atoms with van der Waals surface area (Å²) in [6.45, 7) is 12.4. The number of rotatable bonds is 6. The first-order valence-corrected chi connectivity index (χ1v) is 7.58. The van der Waals surface area contributed by atoms with Crippen LogP contribution in [-0.2, 0) is 4.74 Å². The molecule has 0 heterocycles. The van der Waals surface area contributed by atoms with Gasteiger partial charge in [-0.3, -0.25) is 5.32 Å². The van der Waals surface area contributed by atoms with Crippen LogP contribution in [0.1, 0.15) is 60.3 Å². The van der Waals surface area contributed by atoms with Crippen molar-refractivity contribution < 1.29 is 4.74 Å². The van der Waals surface area contributed by atoms with Crippen LogP contribution in [0.25, 0.3) is 0 Å². The molecule has 0 aliphatic heterocycles. The van der Waals surface area contributed by atoms with Gasteiger partial charge < -0.3 is 4.74 Å². The molecule has 0 aromatic rings. The number of hydrogen-bond donors (Lipinski definition) is 1. The van der Waals surface area contributed by atoms with Crippen molar-refractivity contribution in [3.05, 3.63) is 0 Å². The van der Waals surface area contributed by atoms with Crippen molar-refractivity contribution in [2.24, 2.45) is 11.3 Å². The van der Waals surface area contributed by atoms with Gasteiger partial charge in [0.15, 0.2) is 0 Å². The summed E-state index contributed by atoms with van der Waals surface area (Å²) in [4.78, 5) is 0. The van der Waals surface area contributed by atoms with Crippen LogP contribution in [0, 0.1) is 22.7 Å². The van der Waals surface area contributed by atoms with E-state index in [9.17, 15) is 5.26 Å². The van der Waals surface area contributed by atoms with Gasteiger partial charge in [0, 0.05) is 13.0 Å². The molecule has 3 unspecified atom stereocenters. The molecule has 1 fully saturated rings. The highest BCUT2D eigenvalue weighted by Crippen LogP contribution is 2.39. The second-order valence-electron chi connectivity index (χ2n) is 7.13. The Morgan fingerprint density at radius 3 is 2.63 bits per heavy atom. The maximum Gasteiger partial charge on any atom is 0.106 e. The SMILES string of the molecule is CCNC(C)(C#N)CCOC1CC(C)CC(C)(C)C1. The highest BCUT2D eigenvalue weighted by atomic mass is 16.5. The van der Waals surface area contributed by atoms with E-state index < -0.39 is 5.54 Å². The highest BCUT2D eigenvalue weighted by Gasteiger charge is 2.33. The van der Waals surface area contributed by atoms with E-state index in [1.165, 1.54) is 6.42 Å². The lowest BCUT2D eigenvalue weighted by atomic mass is 9.71. The Labute approximate surface area is 118 Å². The van der Waals surface area contributed by atoms with Crippen LogP contribution in [0.2, 0.25) is 0 Å². The summed E-state index contributed by atoms with van der Waals surface area (Å²) in [6, 6.07) is 2.35. The number of ether oxygens (including phenoxy) is 1. The van der Waals surface area contributed by atoms with E-state index >= 15 is 0 Å². The highest BCUT2D eigenvalue weighted by molar-refractivity contribution is 5.03. The second-order valence-corrected chi connectivity index (χ2v) is 7.13. The van der Waals surface area contributed by atoms with E-state index in [0.29, 0.717) is 18.1 Å². The van der Waals surface area contributed by atoms with Gasteiger partial charge in [-0.2, -0.15) is 5.26 Å². The van der Waals surface area contributed by atoms with Crippen LogP contribution < -0.4 is 5.32 Å². The van der Waals surface area contributed by atoms with Crippen LogP contribution in [0.3, 0.4) is 0 Å². The Morgan fingerprint density at radius 2 is 2.11 bits per heavy atom. The maximum absolute atomic E-state index is 9.21. The topological polar surface area (TPSA) is 45.0 Å². The fourth-order valence-corrected chi connectivity index (χ4v) is 3.39. The largest absolute Gasteiger partial charge is 0.378 e. The lowest BCUT2D eigenvalue weighted by Crippen LogP contribution is -2.42. The summed E-state index contributed by atoms with van der Waals surface area (Å²) < 4.78 is 6.04. The molecule has 3 heteroatoms.